The summed E-state index contributed by atoms with van der Waals surface area (Å²) < 4.78 is 69.0. The molecule has 0 saturated carbocycles. The topological polar surface area (TPSA) is 137 Å². The number of hydrogen-bond acceptors (Lipinski definition) is 8. The van der Waals surface area contributed by atoms with E-state index in [2.05, 4.69) is 30.2 Å². The van der Waals surface area contributed by atoms with Gasteiger partial charge in [-0.3, -0.25) is 0 Å². The van der Waals surface area contributed by atoms with E-state index < -0.39 is 23.6 Å². The Hall–Kier alpha value is -5.00. The van der Waals surface area contributed by atoms with Crippen LogP contribution in [-0.4, -0.2) is 39.5 Å². The predicted octanol–water partition coefficient (Wildman–Crippen LogP) is 3.27. The quantitative estimate of drug-likeness (QED) is 0.373. The third-order valence-corrected chi connectivity index (χ3v) is 5.21. The van der Waals surface area contributed by atoms with Crippen molar-refractivity contribution in [3.8, 4) is 22.9 Å². The Morgan fingerprint density at radius 3 is 2.50 bits per heavy atom. The van der Waals surface area contributed by atoms with Crippen LogP contribution in [0.4, 0.5) is 27.8 Å². The highest BCUT2D eigenvalue weighted by Crippen LogP contribution is 2.37. The van der Waals surface area contributed by atoms with E-state index in [4.69, 9.17) is 5.73 Å². The third-order valence-electron chi connectivity index (χ3n) is 5.21. The Morgan fingerprint density at radius 2 is 1.81 bits per heavy atom. The van der Waals surface area contributed by atoms with E-state index in [0.717, 1.165) is 29.5 Å². The zero-order chi connectivity index (χ0) is 25.6. The van der Waals surface area contributed by atoms with Crippen LogP contribution >= 0.6 is 0 Å². The van der Waals surface area contributed by atoms with E-state index in [1.54, 1.807) is 0 Å². The van der Waals surface area contributed by atoms with Crippen LogP contribution in [0, 0.1) is 23.0 Å². The number of rotatable bonds is 4. The Morgan fingerprint density at radius 1 is 1.06 bits per heavy atom. The smallest absolute Gasteiger partial charge is 0.383 e. The normalized spacial score (nSPS) is 11.7. The van der Waals surface area contributed by atoms with Gasteiger partial charge in [-0.05, 0) is 12.1 Å². The number of fused-ring (bicyclic) bond motifs is 1. The van der Waals surface area contributed by atoms with Crippen LogP contribution in [0.1, 0.15) is 17.2 Å². The van der Waals surface area contributed by atoms with Crippen molar-refractivity contribution < 1.29 is 22.0 Å². The number of nitrogens with zero attached hydrogens (tertiary/aromatic N) is 9. The summed E-state index contributed by atoms with van der Waals surface area (Å²) in [7, 11) is 0. The summed E-state index contributed by atoms with van der Waals surface area (Å²) in [6.45, 7) is -0.117. The summed E-state index contributed by atoms with van der Waals surface area (Å²) in [5.41, 5.74) is 6.44. The minimum absolute atomic E-state index is 0.0318. The number of anilines is 1. The predicted molar refractivity (Wildman–Crippen MR) is 113 cm³/mol. The number of aromatic nitrogens is 8. The van der Waals surface area contributed by atoms with E-state index >= 15 is 0 Å². The molecule has 0 aliphatic carbocycles. The molecule has 180 valence electrons. The van der Waals surface area contributed by atoms with Crippen LogP contribution in [0.5, 0.6) is 0 Å². The van der Waals surface area contributed by atoms with Gasteiger partial charge in [-0.2, -0.15) is 18.4 Å². The summed E-state index contributed by atoms with van der Waals surface area (Å²) >= 11 is 0. The largest absolute Gasteiger partial charge is 0.451 e. The third kappa shape index (κ3) is 3.74. The molecule has 10 nitrogen and oxygen atoms in total. The van der Waals surface area contributed by atoms with Crippen LogP contribution < -0.4 is 5.73 Å². The van der Waals surface area contributed by atoms with Gasteiger partial charge >= 0.3 is 6.18 Å². The molecular weight excluding hydrogens is 487 g/mol. The standard InChI is InChI=1S/C21H11F5N10/c22-12-2-1-3-13(17(12)23)36-8-11(33-34-36)7-35-14(4-27)15(16-18(28)31-9-32-19(16)35)10-5-29-20(30-6-10)21(24,25)26/h1-3,5-6,8-9H,7H2,(H2,28,31,32). The lowest BCUT2D eigenvalue weighted by Crippen LogP contribution is -2.10. The molecule has 4 heterocycles. The lowest BCUT2D eigenvalue weighted by atomic mass is 10.1. The van der Waals surface area contributed by atoms with Crippen molar-refractivity contribution in [1.29, 1.82) is 5.26 Å². The molecule has 0 unspecified atom stereocenters. The number of nitrogen functional groups attached to an aromatic ring is 1. The fraction of sp³-hybridized carbons (Fsp3) is 0.0952. The van der Waals surface area contributed by atoms with Crippen LogP contribution in [0.3, 0.4) is 0 Å². The van der Waals surface area contributed by atoms with Gasteiger partial charge in [-0.25, -0.2) is 33.4 Å². The van der Waals surface area contributed by atoms with Gasteiger partial charge in [0.2, 0.25) is 5.82 Å². The van der Waals surface area contributed by atoms with Crippen LogP contribution in [0.25, 0.3) is 27.8 Å². The van der Waals surface area contributed by atoms with Gasteiger partial charge in [0.25, 0.3) is 0 Å². The number of halogens is 5. The molecule has 2 N–H and O–H groups in total. The maximum atomic E-state index is 14.2. The molecule has 0 aliphatic rings. The average molecular weight is 498 g/mol. The highest BCUT2D eigenvalue weighted by atomic mass is 19.4. The molecule has 0 saturated heterocycles. The molecule has 0 atom stereocenters. The first-order valence-corrected chi connectivity index (χ1v) is 9.97. The highest BCUT2D eigenvalue weighted by Gasteiger charge is 2.34. The van der Waals surface area contributed by atoms with E-state index in [1.165, 1.54) is 22.9 Å². The summed E-state index contributed by atoms with van der Waals surface area (Å²) in [6.07, 6.45) is -0.423. The molecule has 5 aromatic rings. The second kappa shape index (κ2) is 8.34. The molecule has 0 radical (unpaired) electrons. The van der Waals surface area contributed by atoms with Crippen molar-refractivity contribution >= 4 is 16.9 Å². The summed E-state index contributed by atoms with van der Waals surface area (Å²) in [5.74, 6) is -3.57. The molecule has 1 aromatic carbocycles. The van der Waals surface area contributed by atoms with E-state index in [9.17, 15) is 27.2 Å². The van der Waals surface area contributed by atoms with Gasteiger partial charge in [0.15, 0.2) is 11.6 Å². The van der Waals surface area contributed by atoms with Gasteiger partial charge in [0.05, 0.1) is 18.1 Å². The van der Waals surface area contributed by atoms with Crippen LogP contribution in [-0.2, 0) is 12.7 Å². The van der Waals surface area contributed by atoms with Gasteiger partial charge in [0.1, 0.15) is 40.9 Å². The van der Waals surface area contributed by atoms with Gasteiger partial charge in [0, 0.05) is 23.5 Å². The van der Waals surface area contributed by atoms with Crippen molar-refractivity contribution in [2.24, 2.45) is 0 Å². The number of hydrogen-bond donors (Lipinski definition) is 1. The number of nitrogens with two attached hydrogens (primary N) is 1. The maximum absolute atomic E-state index is 14.2. The fourth-order valence-electron chi connectivity index (χ4n) is 3.67. The fourth-order valence-corrected chi connectivity index (χ4v) is 3.67. The average Bonchev–Trinajstić information content (AvgIpc) is 3.44. The molecule has 4 aromatic heterocycles. The van der Waals surface area contributed by atoms with Crippen molar-refractivity contribution in [2.75, 3.05) is 5.73 Å². The summed E-state index contributed by atoms with van der Waals surface area (Å²) in [6, 6.07) is 5.56. The summed E-state index contributed by atoms with van der Waals surface area (Å²) in [4.78, 5) is 14.8. The molecule has 15 heteroatoms. The molecule has 5 rings (SSSR count). The molecule has 0 aliphatic heterocycles. The van der Waals surface area contributed by atoms with Crippen LogP contribution in [0.15, 0.2) is 43.1 Å². The Labute approximate surface area is 197 Å². The van der Waals surface area contributed by atoms with Gasteiger partial charge in [-0.15, -0.1) is 5.10 Å². The van der Waals surface area contributed by atoms with Crippen molar-refractivity contribution in [1.82, 2.24) is 39.5 Å². The molecule has 0 bridgehead atoms. The Balaban J connectivity index is 1.63. The first kappa shape index (κ1) is 22.8. The Bertz CT molecular complexity index is 1650. The minimum Gasteiger partial charge on any atom is -0.383 e. The minimum atomic E-state index is -4.75. The lowest BCUT2D eigenvalue weighted by molar-refractivity contribution is -0.144. The van der Waals surface area contributed by atoms with E-state index in [0.29, 0.717) is 0 Å². The number of nitriles is 1. The summed E-state index contributed by atoms with van der Waals surface area (Å²) in [5, 5.41) is 17.9. The zero-order valence-electron chi connectivity index (χ0n) is 17.7. The second-order valence-corrected chi connectivity index (χ2v) is 7.40. The maximum Gasteiger partial charge on any atom is 0.451 e. The molecular formula is C21H11F5N10. The number of alkyl halides is 3. The highest BCUT2D eigenvalue weighted by molar-refractivity contribution is 6.03. The van der Waals surface area contributed by atoms with Crippen molar-refractivity contribution in [3.63, 3.8) is 0 Å². The first-order chi connectivity index (χ1) is 17.2. The molecule has 0 spiro atoms. The zero-order valence-corrected chi connectivity index (χ0v) is 17.7. The van der Waals surface area contributed by atoms with E-state index in [1.807, 2.05) is 6.07 Å². The second-order valence-electron chi connectivity index (χ2n) is 7.40. The van der Waals surface area contributed by atoms with Gasteiger partial charge in [-0.1, -0.05) is 11.3 Å². The lowest BCUT2D eigenvalue weighted by Gasteiger charge is -2.06. The monoisotopic (exact) mass is 498 g/mol. The molecule has 36 heavy (non-hydrogen) atoms. The van der Waals surface area contributed by atoms with E-state index in [-0.39, 0.29) is 51.6 Å². The SMILES string of the molecule is N#Cc1c(-c2cnc(C(F)(F)F)nc2)c2c(N)ncnc2n1Cc1cn(-c2cccc(F)c2F)nn1. The molecule has 0 amide bonds. The van der Waals surface area contributed by atoms with Crippen molar-refractivity contribution in [2.45, 2.75) is 12.7 Å². The first-order valence-electron chi connectivity index (χ1n) is 9.97. The molecule has 0 fully saturated rings. The van der Waals surface area contributed by atoms with Gasteiger partial charge < -0.3 is 10.3 Å². The van der Waals surface area contributed by atoms with Crippen molar-refractivity contribution in [3.05, 3.63) is 72.0 Å². The number of benzene rings is 1. The Kier molecular flexibility index (Phi) is 5.28. The van der Waals surface area contributed by atoms with Crippen LogP contribution in [0.2, 0.25) is 0 Å².